The first-order valence-electron chi connectivity index (χ1n) is 2.60. The SMILES string of the molecule is CN=S(C)(=O)C(C)C. The Labute approximate surface area is 51.5 Å². The standard InChI is InChI=1S/C5H13NOS/c1-5(2)8(4,7)6-3/h5H,1-4H3. The topological polar surface area (TPSA) is 29.4 Å². The van der Waals surface area contributed by atoms with Crippen LogP contribution in [0.3, 0.4) is 0 Å². The third-order valence-electron chi connectivity index (χ3n) is 1.24. The van der Waals surface area contributed by atoms with E-state index in [2.05, 4.69) is 4.36 Å². The Balaban J connectivity index is 4.42. The van der Waals surface area contributed by atoms with Crippen LogP contribution in [0.2, 0.25) is 0 Å². The molecule has 0 aromatic carbocycles. The maximum Gasteiger partial charge on any atom is 0.0459 e. The molecular weight excluding hydrogens is 122 g/mol. The molecule has 0 saturated carbocycles. The lowest BCUT2D eigenvalue weighted by Gasteiger charge is -2.04. The molecular formula is C5H13NOS. The second kappa shape index (κ2) is 2.49. The van der Waals surface area contributed by atoms with Gasteiger partial charge in [0.1, 0.15) is 0 Å². The molecule has 1 unspecified atom stereocenters. The molecule has 0 bridgehead atoms. The van der Waals surface area contributed by atoms with E-state index in [4.69, 9.17) is 0 Å². The lowest BCUT2D eigenvalue weighted by Crippen LogP contribution is -2.10. The summed E-state index contributed by atoms with van der Waals surface area (Å²) in [7, 11) is -0.262. The summed E-state index contributed by atoms with van der Waals surface area (Å²) < 4.78 is 14.8. The lowest BCUT2D eigenvalue weighted by molar-refractivity contribution is 0.673. The average molecular weight is 135 g/mol. The van der Waals surface area contributed by atoms with Crippen LogP contribution in [-0.2, 0) is 9.73 Å². The molecule has 0 heterocycles. The highest BCUT2D eigenvalue weighted by Crippen LogP contribution is 1.98. The van der Waals surface area contributed by atoms with Crippen LogP contribution in [0.5, 0.6) is 0 Å². The van der Waals surface area contributed by atoms with E-state index in [1.54, 1.807) is 13.3 Å². The molecule has 1 atom stereocenters. The van der Waals surface area contributed by atoms with Crippen molar-refractivity contribution < 1.29 is 4.21 Å². The Kier molecular flexibility index (Phi) is 2.47. The zero-order valence-corrected chi connectivity index (χ0v) is 6.66. The van der Waals surface area contributed by atoms with Crippen molar-refractivity contribution >= 4 is 9.73 Å². The highest BCUT2D eigenvalue weighted by atomic mass is 32.2. The van der Waals surface area contributed by atoms with Gasteiger partial charge >= 0.3 is 0 Å². The molecule has 3 heteroatoms. The van der Waals surface area contributed by atoms with Gasteiger partial charge in [-0.2, -0.15) is 0 Å². The van der Waals surface area contributed by atoms with Crippen LogP contribution < -0.4 is 0 Å². The van der Waals surface area contributed by atoms with Crippen molar-refractivity contribution in [3.8, 4) is 0 Å². The highest BCUT2D eigenvalue weighted by Gasteiger charge is 2.03. The molecule has 0 aliphatic heterocycles. The Morgan fingerprint density at radius 1 is 1.50 bits per heavy atom. The summed E-state index contributed by atoms with van der Waals surface area (Å²) in [5, 5.41) is 0.174. The largest absolute Gasteiger partial charge is 0.250 e. The van der Waals surface area contributed by atoms with Gasteiger partial charge < -0.3 is 0 Å². The monoisotopic (exact) mass is 135 g/mol. The van der Waals surface area contributed by atoms with Crippen molar-refractivity contribution in [3.05, 3.63) is 0 Å². The molecule has 2 nitrogen and oxygen atoms in total. The van der Waals surface area contributed by atoms with Crippen molar-refractivity contribution in [2.24, 2.45) is 4.36 Å². The van der Waals surface area contributed by atoms with Crippen molar-refractivity contribution in [2.75, 3.05) is 13.3 Å². The molecule has 0 aliphatic carbocycles. The second-order valence-corrected chi connectivity index (χ2v) is 5.12. The maximum absolute atomic E-state index is 11.1. The molecule has 0 spiro atoms. The van der Waals surface area contributed by atoms with E-state index in [0.717, 1.165) is 0 Å². The van der Waals surface area contributed by atoms with E-state index in [-0.39, 0.29) is 5.25 Å². The summed E-state index contributed by atoms with van der Waals surface area (Å²) >= 11 is 0. The summed E-state index contributed by atoms with van der Waals surface area (Å²) in [4.78, 5) is 0. The minimum absolute atomic E-state index is 0.174. The summed E-state index contributed by atoms with van der Waals surface area (Å²) in [6.07, 6.45) is 1.68. The van der Waals surface area contributed by atoms with Gasteiger partial charge in [0.05, 0.1) is 0 Å². The molecule has 0 rings (SSSR count). The first-order valence-corrected chi connectivity index (χ1v) is 4.58. The van der Waals surface area contributed by atoms with Gasteiger partial charge in [0, 0.05) is 28.3 Å². The van der Waals surface area contributed by atoms with Crippen molar-refractivity contribution in [1.82, 2.24) is 0 Å². The van der Waals surface area contributed by atoms with Crippen LogP contribution in [-0.4, -0.2) is 22.8 Å². The first kappa shape index (κ1) is 7.95. The van der Waals surface area contributed by atoms with Gasteiger partial charge in [-0.15, -0.1) is 0 Å². The van der Waals surface area contributed by atoms with E-state index in [1.807, 2.05) is 13.8 Å². The van der Waals surface area contributed by atoms with Crippen LogP contribution in [0.25, 0.3) is 0 Å². The minimum Gasteiger partial charge on any atom is -0.250 e. The van der Waals surface area contributed by atoms with E-state index in [9.17, 15) is 4.21 Å². The van der Waals surface area contributed by atoms with Crippen LogP contribution in [0, 0.1) is 0 Å². The van der Waals surface area contributed by atoms with Gasteiger partial charge in [0.2, 0.25) is 0 Å². The van der Waals surface area contributed by atoms with Gasteiger partial charge in [-0.25, -0.2) is 8.57 Å². The number of hydrogen-bond donors (Lipinski definition) is 0. The average Bonchev–Trinajstić information content (AvgIpc) is 1.67. The minimum atomic E-state index is -1.86. The first-order chi connectivity index (χ1) is 3.50. The second-order valence-electron chi connectivity index (χ2n) is 2.09. The molecule has 0 amide bonds. The smallest absolute Gasteiger partial charge is 0.0459 e. The van der Waals surface area contributed by atoms with E-state index < -0.39 is 9.73 Å². The molecule has 50 valence electrons. The lowest BCUT2D eigenvalue weighted by atomic mass is 10.6. The fraction of sp³-hybridized carbons (Fsp3) is 1.00. The molecule has 0 aromatic heterocycles. The molecule has 0 radical (unpaired) electrons. The Hall–Kier alpha value is -0.0500. The zero-order valence-electron chi connectivity index (χ0n) is 5.84. The number of nitrogens with zero attached hydrogens (tertiary/aromatic N) is 1. The summed E-state index contributed by atoms with van der Waals surface area (Å²) in [5.74, 6) is 0. The summed E-state index contributed by atoms with van der Waals surface area (Å²) in [6.45, 7) is 3.82. The molecule has 0 N–H and O–H groups in total. The molecule has 0 saturated heterocycles. The van der Waals surface area contributed by atoms with Crippen LogP contribution in [0.4, 0.5) is 0 Å². The van der Waals surface area contributed by atoms with Crippen LogP contribution in [0.1, 0.15) is 13.8 Å². The predicted molar refractivity (Wildman–Crippen MR) is 37.6 cm³/mol. The van der Waals surface area contributed by atoms with Gasteiger partial charge in [0.25, 0.3) is 0 Å². The fourth-order valence-corrected chi connectivity index (χ4v) is 0.632. The van der Waals surface area contributed by atoms with E-state index in [1.165, 1.54) is 0 Å². The van der Waals surface area contributed by atoms with Crippen LogP contribution >= 0.6 is 0 Å². The number of hydrogen-bond acceptors (Lipinski definition) is 2. The fourth-order valence-electron chi connectivity index (χ4n) is 0.211. The van der Waals surface area contributed by atoms with E-state index in [0.29, 0.717) is 0 Å². The number of rotatable bonds is 1. The zero-order chi connectivity index (χ0) is 6.78. The van der Waals surface area contributed by atoms with Gasteiger partial charge in [-0.05, 0) is 0 Å². The van der Waals surface area contributed by atoms with E-state index >= 15 is 0 Å². The quantitative estimate of drug-likeness (QED) is 0.530. The third-order valence-corrected chi connectivity index (χ3v) is 3.71. The maximum atomic E-state index is 11.1. The Morgan fingerprint density at radius 3 is 1.88 bits per heavy atom. The van der Waals surface area contributed by atoms with Crippen molar-refractivity contribution in [1.29, 1.82) is 0 Å². The molecule has 0 aliphatic rings. The Morgan fingerprint density at radius 2 is 1.88 bits per heavy atom. The van der Waals surface area contributed by atoms with Crippen molar-refractivity contribution in [3.63, 3.8) is 0 Å². The van der Waals surface area contributed by atoms with Gasteiger partial charge in [-0.1, -0.05) is 13.8 Å². The molecule has 0 aromatic rings. The highest BCUT2D eigenvalue weighted by molar-refractivity contribution is 7.93. The van der Waals surface area contributed by atoms with Crippen molar-refractivity contribution in [2.45, 2.75) is 19.1 Å². The van der Waals surface area contributed by atoms with Crippen LogP contribution in [0.15, 0.2) is 4.36 Å². The van der Waals surface area contributed by atoms with Gasteiger partial charge in [-0.3, -0.25) is 0 Å². The predicted octanol–water partition coefficient (Wildman–Crippen LogP) is 1.12. The Bertz CT molecular complexity index is 165. The third kappa shape index (κ3) is 1.82. The van der Waals surface area contributed by atoms with Gasteiger partial charge in [0.15, 0.2) is 0 Å². The normalized spacial score (nSPS) is 18.1. The summed E-state index contributed by atoms with van der Waals surface area (Å²) in [6, 6.07) is 0. The molecule has 0 fully saturated rings. The summed E-state index contributed by atoms with van der Waals surface area (Å²) in [5.41, 5.74) is 0. The molecule has 8 heavy (non-hydrogen) atoms.